The number of hydrogen-bond donors (Lipinski definition) is 0. The Morgan fingerprint density at radius 3 is 2.44 bits per heavy atom. The van der Waals surface area contributed by atoms with E-state index in [2.05, 4.69) is 34.6 Å². The van der Waals surface area contributed by atoms with Crippen LogP contribution in [-0.2, 0) is 0 Å². The van der Waals surface area contributed by atoms with Crippen molar-refractivity contribution in [2.24, 2.45) is 23.2 Å². The smallest absolute Gasteiger partial charge is 0.0323 e. The van der Waals surface area contributed by atoms with Crippen molar-refractivity contribution in [3.63, 3.8) is 0 Å². The van der Waals surface area contributed by atoms with E-state index in [1.54, 1.807) is 0 Å². The van der Waals surface area contributed by atoms with E-state index in [1.165, 1.54) is 44.9 Å². The van der Waals surface area contributed by atoms with Gasteiger partial charge >= 0.3 is 0 Å². The Morgan fingerprint density at radius 1 is 1.19 bits per heavy atom. The molecule has 0 spiro atoms. The molecule has 1 fully saturated rings. The van der Waals surface area contributed by atoms with E-state index >= 15 is 0 Å². The van der Waals surface area contributed by atoms with Gasteiger partial charge in [0.15, 0.2) is 0 Å². The van der Waals surface area contributed by atoms with Gasteiger partial charge in [0.1, 0.15) is 0 Å². The van der Waals surface area contributed by atoms with Crippen molar-refractivity contribution >= 4 is 0 Å². The van der Waals surface area contributed by atoms with Gasteiger partial charge < -0.3 is 0 Å². The monoisotopic (exact) mass is 224 g/mol. The maximum atomic E-state index is 2.52. The van der Waals surface area contributed by atoms with Crippen LogP contribution in [0.1, 0.15) is 79.6 Å². The molecule has 3 unspecified atom stereocenters. The van der Waals surface area contributed by atoms with Crippen LogP contribution < -0.4 is 0 Å². The molecule has 0 saturated heterocycles. The summed E-state index contributed by atoms with van der Waals surface area (Å²) in [5.74, 6) is 2.85. The molecule has 0 aromatic carbocycles. The Morgan fingerprint density at radius 2 is 1.88 bits per heavy atom. The number of rotatable bonds is 4. The first-order valence-electron chi connectivity index (χ1n) is 7.45. The van der Waals surface area contributed by atoms with Crippen molar-refractivity contribution in [1.82, 2.24) is 0 Å². The maximum absolute atomic E-state index is 2.52. The van der Waals surface area contributed by atoms with E-state index < -0.39 is 0 Å². The van der Waals surface area contributed by atoms with Gasteiger partial charge in [0, 0.05) is 0 Å². The van der Waals surface area contributed by atoms with Gasteiger partial charge in [-0.1, -0.05) is 66.7 Å². The average Bonchev–Trinajstić information content (AvgIpc) is 2.35. The molecule has 0 N–H and O–H groups in total. The summed E-state index contributed by atoms with van der Waals surface area (Å²) in [6.07, 6.45) is 10.2. The first kappa shape index (κ1) is 14.1. The molecule has 0 heteroatoms. The summed E-state index contributed by atoms with van der Waals surface area (Å²) in [5.41, 5.74) is 0.636. The van der Waals surface area contributed by atoms with Crippen LogP contribution in [0.25, 0.3) is 0 Å². The van der Waals surface area contributed by atoms with Crippen LogP contribution in [-0.4, -0.2) is 0 Å². The summed E-state index contributed by atoms with van der Waals surface area (Å²) in [5, 5.41) is 0. The lowest BCUT2D eigenvalue weighted by Gasteiger charge is -2.31. The van der Waals surface area contributed by atoms with Crippen molar-refractivity contribution in [2.45, 2.75) is 79.6 Å². The molecule has 0 amide bonds. The molecule has 0 bridgehead atoms. The van der Waals surface area contributed by atoms with Gasteiger partial charge in [0.25, 0.3) is 0 Å². The third-order valence-corrected chi connectivity index (χ3v) is 4.70. The van der Waals surface area contributed by atoms with Crippen molar-refractivity contribution in [3.05, 3.63) is 0 Å². The molecule has 1 saturated carbocycles. The molecule has 1 aliphatic carbocycles. The van der Waals surface area contributed by atoms with Crippen LogP contribution in [0, 0.1) is 23.2 Å². The molecule has 0 aliphatic heterocycles. The summed E-state index contributed by atoms with van der Waals surface area (Å²) in [4.78, 5) is 0. The zero-order valence-electron chi connectivity index (χ0n) is 12.2. The molecular formula is C16H32. The summed E-state index contributed by atoms with van der Waals surface area (Å²) in [6, 6.07) is 0. The summed E-state index contributed by atoms with van der Waals surface area (Å²) >= 11 is 0. The lowest BCUT2D eigenvalue weighted by atomic mass is 9.74. The van der Waals surface area contributed by atoms with E-state index in [9.17, 15) is 0 Å². The second kappa shape index (κ2) is 6.07. The highest BCUT2D eigenvalue weighted by molar-refractivity contribution is 4.82. The van der Waals surface area contributed by atoms with Crippen LogP contribution in [0.4, 0.5) is 0 Å². The Balaban J connectivity index is 2.52. The predicted molar refractivity (Wildman–Crippen MR) is 73.6 cm³/mol. The molecule has 1 aliphatic rings. The Labute approximate surface area is 103 Å². The van der Waals surface area contributed by atoms with Gasteiger partial charge in [-0.3, -0.25) is 0 Å². The highest BCUT2D eigenvalue weighted by Gasteiger charge is 2.31. The van der Waals surface area contributed by atoms with Crippen LogP contribution in [0.5, 0.6) is 0 Å². The quantitative estimate of drug-likeness (QED) is 0.540. The molecule has 96 valence electrons. The Kier molecular flexibility index (Phi) is 5.34. The molecule has 0 aromatic heterocycles. The molecule has 1 rings (SSSR count). The third kappa shape index (κ3) is 4.47. The fraction of sp³-hybridized carbons (Fsp3) is 1.00. The SMILES string of the molecule is CCC1(C)CC(C)CCC(CCC(C)C)C1. The fourth-order valence-electron chi connectivity index (χ4n) is 3.45. The lowest BCUT2D eigenvalue weighted by Crippen LogP contribution is -2.19. The highest BCUT2D eigenvalue weighted by atomic mass is 14.4. The second-order valence-electron chi connectivity index (χ2n) is 7.09. The predicted octanol–water partition coefficient (Wildman–Crippen LogP) is 5.67. The summed E-state index contributed by atoms with van der Waals surface area (Å²) in [7, 11) is 0. The zero-order valence-corrected chi connectivity index (χ0v) is 12.2. The van der Waals surface area contributed by atoms with Crippen molar-refractivity contribution in [2.75, 3.05) is 0 Å². The standard InChI is InChI=1S/C16H32/c1-6-16(5)11-14(4)8-10-15(12-16)9-7-13(2)3/h13-15H,6-12H2,1-5H3. The van der Waals surface area contributed by atoms with Gasteiger partial charge in [-0.15, -0.1) is 0 Å². The zero-order chi connectivity index (χ0) is 12.2. The average molecular weight is 224 g/mol. The van der Waals surface area contributed by atoms with E-state index in [-0.39, 0.29) is 0 Å². The minimum Gasteiger partial charge on any atom is -0.0649 e. The van der Waals surface area contributed by atoms with Crippen LogP contribution in [0.15, 0.2) is 0 Å². The fourth-order valence-corrected chi connectivity index (χ4v) is 3.45. The van der Waals surface area contributed by atoms with Gasteiger partial charge in [-0.25, -0.2) is 0 Å². The van der Waals surface area contributed by atoms with Crippen LogP contribution >= 0.6 is 0 Å². The molecule has 16 heavy (non-hydrogen) atoms. The van der Waals surface area contributed by atoms with E-state index in [0.29, 0.717) is 5.41 Å². The lowest BCUT2D eigenvalue weighted by molar-refractivity contribution is 0.203. The first-order chi connectivity index (χ1) is 7.45. The van der Waals surface area contributed by atoms with Gasteiger partial charge in [0.2, 0.25) is 0 Å². The first-order valence-corrected chi connectivity index (χ1v) is 7.45. The minimum absolute atomic E-state index is 0.636. The minimum atomic E-state index is 0.636. The van der Waals surface area contributed by atoms with E-state index in [4.69, 9.17) is 0 Å². The van der Waals surface area contributed by atoms with Gasteiger partial charge in [-0.05, 0) is 36.0 Å². The second-order valence-corrected chi connectivity index (χ2v) is 7.09. The maximum Gasteiger partial charge on any atom is -0.0323 e. The van der Waals surface area contributed by atoms with Gasteiger partial charge in [0.05, 0.1) is 0 Å². The Hall–Kier alpha value is 0. The molecule has 0 heterocycles. The third-order valence-electron chi connectivity index (χ3n) is 4.70. The molecule has 0 nitrogen and oxygen atoms in total. The normalized spacial score (nSPS) is 36.4. The highest BCUT2D eigenvalue weighted by Crippen LogP contribution is 2.43. The molecular weight excluding hydrogens is 192 g/mol. The van der Waals surface area contributed by atoms with Crippen molar-refractivity contribution in [1.29, 1.82) is 0 Å². The molecule has 0 radical (unpaired) electrons. The topological polar surface area (TPSA) is 0 Å². The van der Waals surface area contributed by atoms with Crippen LogP contribution in [0.2, 0.25) is 0 Å². The van der Waals surface area contributed by atoms with Crippen molar-refractivity contribution < 1.29 is 0 Å². The largest absolute Gasteiger partial charge is 0.0649 e. The van der Waals surface area contributed by atoms with Crippen molar-refractivity contribution in [3.8, 4) is 0 Å². The number of hydrogen-bond acceptors (Lipinski definition) is 0. The van der Waals surface area contributed by atoms with Gasteiger partial charge in [-0.2, -0.15) is 0 Å². The van der Waals surface area contributed by atoms with Crippen LogP contribution in [0.3, 0.4) is 0 Å². The molecule has 0 aromatic rings. The summed E-state index contributed by atoms with van der Waals surface area (Å²) in [6.45, 7) is 12.1. The summed E-state index contributed by atoms with van der Waals surface area (Å²) < 4.78 is 0. The van der Waals surface area contributed by atoms with E-state index in [0.717, 1.165) is 17.8 Å². The Bertz CT molecular complexity index is 194. The van der Waals surface area contributed by atoms with E-state index in [1.807, 2.05) is 0 Å². The molecule has 3 atom stereocenters.